The number of piperidine rings is 1. The molecule has 38 heavy (non-hydrogen) atoms. The number of benzene rings is 2. The van der Waals surface area contributed by atoms with Crippen LogP contribution in [0.4, 0.5) is 0 Å². The quantitative estimate of drug-likeness (QED) is 0.428. The van der Waals surface area contributed by atoms with Gasteiger partial charge in [0, 0.05) is 43.6 Å². The van der Waals surface area contributed by atoms with Gasteiger partial charge in [0.1, 0.15) is 22.8 Å². The van der Waals surface area contributed by atoms with Crippen molar-refractivity contribution in [2.75, 3.05) is 46.0 Å². The SMILES string of the molecule is Cc1onc(-c2ccccc2Cl)c1C(=O)N1CCC(COc2ccccc2)(CC(=O)N2CCOCC2)CC1. The highest BCUT2D eigenvalue weighted by Crippen LogP contribution is 2.38. The average Bonchev–Trinajstić information content (AvgIpc) is 3.34. The van der Waals surface area contributed by atoms with E-state index >= 15 is 0 Å². The van der Waals surface area contributed by atoms with Crippen molar-refractivity contribution in [3.8, 4) is 17.0 Å². The van der Waals surface area contributed by atoms with E-state index in [9.17, 15) is 9.59 Å². The van der Waals surface area contributed by atoms with Crippen molar-refractivity contribution in [2.24, 2.45) is 5.41 Å². The van der Waals surface area contributed by atoms with Crippen LogP contribution in [0.1, 0.15) is 35.4 Å². The minimum Gasteiger partial charge on any atom is -0.493 e. The van der Waals surface area contributed by atoms with Crippen LogP contribution in [0.2, 0.25) is 5.02 Å². The summed E-state index contributed by atoms with van der Waals surface area (Å²) in [7, 11) is 0. The van der Waals surface area contributed by atoms with Crippen LogP contribution >= 0.6 is 11.6 Å². The van der Waals surface area contributed by atoms with Gasteiger partial charge in [-0.2, -0.15) is 0 Å². The standard InChI is InChI=1S/C29H32ClN3O5/c1-21-26(27(31-38-21)23-9-5-6-10-24(23)30)28(35)33-13-11-29(12-14-33,20-37-22-7-3-2-4-8-22)19-25(34)32-15-17-36-18-16-32/h2-10H,11-20H2,1H3. The van der Waals surface area contributed by atoms with Crippen LogP contribution in [-0.4, -0.2) is 72.8 Å². The zero-order chi connectivity index (χ0) is 26.5. The van der Waals surface area contributed by atoms with Gasteiger partial charge in [-0.15, -0.1) is 0 Å². The Morgan fingerprint density at radius 1 is 0.974 bits per heavy atom. The van der Waals surface area contributed by atoms with E-state index in [4.69, 9.17) is 25.6 Å². The lowest BCUT2D eigenvalue weighted by Crippen LogP contribution is -2.49. The predicted octanol–water partition coefficient (Wildman–Crippen LogP) is 4.85. The summed E-state index contributed by atoms with van der Waals surface area (Å²) in [6.07, 6.45) is 1.67. The third kappa shape index (κ3) is 5.71. The topological polar surface area (TPSA) is 85.1 Å². The number of aryl methyl sites for hydroxylation is 1. The van der Waals surface area contributed by atoms with Crippen molar-refractivity contribution < 1.29 is 23.6 Å². The molecule has 3 aromatic rings. The molecule has 0 atom stereocenters. The van der Waals surface area contributed by atoms with Crippen molar-refractivity contribution in [3.63, 3.8) is 0 Å². The molecule has 0 spiro atoms. The number of amides is 2. The first-order chi connectivity index (χ1) is 18.5. The molecule has 2 saturated heterocycles. The smallest absolute Gasteiger partial charge is 0.259 e. The van der Waals surface area contributed by atoms with E-state index in [0.717, 1.165) is 5.75 Å². The fourth-order valence-corrected chi connectivity index (χ4v) is 5.40. The van der Waals surface area contributed by atoms with Crippen molar-refractivity contribution >= 4 is 23.4 Å². The maximum atomic E-state index is 13.7. The highest BCUT2D eigenvalue weighted by atomic mass is 35.5. The molecule has 5 rings (SSSR count). The van der Waals surface area contributed by atoms with Crippen molar-refractivity contribution in [3.05, 3.63) is 70.9 Å². The highest BCUT2D eigenvalue weighted by molar-refractivity contribution is 6.33. The lowest BCUT2D eigenvalue weighted by atomic mass is 9.75. The summed E-state index contributed by atoms with van der Waals surface area (Å²) in [5.74, 6) is 1.20. The number of morpholine rings is 1. The number of hydrogen-bond acceptors (Lipinski definition) is 6. The summed E-state index contributed by atoms with van der Waals surface area (Å²) in [5.41, 5.74) is 1.16. The molecule has 0 radical (unpaired) electrons. The van der Waals surface area contributed by atoms with Crippen LogP contribution in [0.3, 0.4) is 0 Å². The van der Waals surface area contributed by atoms with Gasteiger partial charge in [0.15, 0.2) is 0 Å². The molecule has 2 aliphatic heterocycles. The molecule has 2 aromatic carbocycles. The van der Waals surface area contributed by atoms with E-state index in [2.05, 4.69) is 5.16 Å². The molecule has 0 unspecified atom stereocenters. The Labute approximate surface area is 227 Å². The Bertz CT molecular complexity index is 1260. The summed E-state index contributed by atoms with van der Waals surface area (Å²) in [6, 6.07) is 16.9. The average molecular weight is 538 g/mol. The van der Waals surface area contributed by atoms with Gasteiger partial charge in [0.2, 0.25) is 5.91 Å². The molecule has 2 amide bonds. The van der Waals surface area contributed by atoms with E-state index in [-0.39, 0.29) is 17.2 Å². The van der Waals surface area contributed by atoms with Gasteiger partial charge >= 0.3 is 0 Å². The zero-order valence-electron chi connectivity index (χ0n) is 21.5. The van der Waals surface area contributed by atoms with E-state index in [1.165, 1.54) is 0 Å². The van der Waals surface area contributed by atoms with Crippen molar-refractivity contribution in [1.82, 2.24) is 15.0 Å². The Hall–Kier alpha value is -3.36. The fraction of sp³-hybridized carbons (Fsp3) is 0.414. The summed E-state index contributed by atoms with van der Waals surface area (Å²) in [6.45, 7) is 5.49. The molecule has 2 fully saturated rings. The lowest BCUT2D eigenvalue weighted by Gasteiger charge is -2.42. The van der Waals surface area contributed by atoms with Gasteiger partial charge in [-0.05, 0) is 38.0 Å². The zero-order valence-corrected chi connectivity index (χ0v) is 22.3. The third-order valence-corrected chi connectivity index (χ3v) is 7.82. The van der Waals surface area contributed by atoms with Gasteiger partial charge in [0.25, 0.3) is 5.91 Å². The number of para-hydroxylation sites is 1. The van der Waals surface area contributed by atoms with Crippen LogP contribution in [0.15, 0.2) is 59.1 Å². The van der Waals surface area contributed by atoms with E-state index in [1.54, 1.807) is 13.0 Å². The molecule has 1 aromatic heterocycles. The number of nitrogens with zero attached hydrogens (tertiary/aromatic N) is 3. The molecular weight excluding hydrogens is 506 g/mol. The number of aromatic nitrogens is 1. The molecule has 200 valence electrons. The first-order valence-electron chi connectivity index (χ1n) is 13.0. The summed E-state index contributed by atoms with van der Waals surface area (Å²) in [4.78, 5) is 30.7. The Morgan fingerprint density at radius 3 is 2.37 bits per heavy atom. The van der Waals surface area contributed by atoms with Gasteiger partial charge in [-0.1, -0.05) is 53.2 Å². The van der Waals surface area contributed by atoms with E-state index < -0.39 is 0 Å². The second kappa shape index (κ2) is 11.6. The number of halogens is 1. The molecule has 0 aliphatic carbocycles. The summed E-state index contributed by atoms with van der Waals surface area (Å²) >= 11 is 6.40. The lowest BCUT2D eigenvalue weighted by molar-refractivity contribution is -0.139. The number of hydrogen-bond donors (Lipinski definition) is 0. The molecule has 0 N–H and O–H groups in total. The van der Waals surface area contributed by atoms with E-state index in [0.29, 0.717) is 92.9 Å². The maximum Gasteiger partial charge on any atom is 0.259 e. The van der Waals surface area contributed by atoms with Crippen LogP contribution in [0, 0.1) is 12.3 Å². The van der Waals surface area contributed by atoms with Gasteiger partial charge < -0.3 is 23.8 Å². The van der Waals surface area contributed by atoms with Crippen LogP contribution in [-0.2, 0) is 9.53 Å². The first kappa shape index (κ1) is 26.3. The number of rotatable bonds is 7. The number of carbonyl (C=O) groups excluding carboxylic acids is 2. The van der Waals surface area contributed by atoms with Gasteiger partial charge in [-0.25, -0.2) is 0 Å². The van der Waals surface area contributed by atoms with Crippen molar-refractivity contribution in [2.45, 2.75) is 26.2 Å². The minimum absolute atomic E-state index is 0.112. The summed E-state index contributed by atoms with van der Waals surface area (Å²) in [5, 5.41) is 4.66. The Morgan fingerprint density at radius 2 is 1.66 bits per heavy atom. The molecule has 0 bridgehead atoms. The largest absolute Gasteiger partial charge is 0.493 e. The third-order valence-electron chi connectivity index (χ3n) is 7.50. The monoisotopic (exact) mass is 537 g/mol. The molecule has 9 heteroatoms. The number of carbonyl (C=O) groups is 2. The maximum absolute atomic E-state index is 13.7. The number of ether oxygens (including phenoxy) is 2. The molecule has 2 aliphatic rings. The fourth-order valence-electron chi connectivity index (χ4n) is 5.17. The molecular formula is C29H32ClN3O5. The summed E-state index contributed by atoms with van der Waals surface area (Å²) < 4.78 is 17.0. The molecule has 0 saturated carbocycles. The molecule has 8 nitrogen and oxygen atoms in total. The van der Waals surface area contributed by atoms with Gasteiger partial charge in [-0.3, -0.25) is 9.59 Å². The van der Waals surface area contributed by atoms with Gasteiger partial charge in [0.05, 0.1) is 24.8 Å². The van der Waals surface area contributed by atoms with E-state index in [1.807, 2.05) is 58.3 Å². The van der Waals surface area contributed by atoms with Crippen LogP contribution in [0.25, 0.3) is 11.3 Å². The molecule has 3 heterocycles. The normalized spacial score (nSPS) is 17.3. The second-order valence-electron chi connectivity index (χ2n) is 10.0. The Balaban J connectivity index is 1.33. The highest BCUT2D eigenvalue weighted by Gasteiger charge is 2.41. The van der Waals surface area contributed by atoms with Crippen LogP contribution in [0.5, 0.6) is 5.75 Å². The minimum atomic E-state index is -0.378. The van der Waals surface area contributed by atoms with Crippen LogP contribution < -0.4 is 4.74 Å². The second-order valence-corrected chi connectivity index (χ2v) is 10.4. The Kier molecular flexibility index (Phi) is 8.00. The predicted molar refractivity (Wildman–Crippen MR) is 143 cm³/mol. The van der Waals surface area contributed by atoms with Crippen molar-refractivity contribution in [1.29, 1.82) is 0 Å². The first-order valence-corrected chi connectivity index (χ1v) is 13.4. The number of likely N-dealkylation sites (tertiary alicyclic amines) is 1.